The Morgan fingerprint density at radius 3 is 2.67 bits per heavy atom. The van der Waals surface area contributed by atoms with Crippen molar-refractivity contribution in [1.29, 1.82) is 0 Å². The Hall–Kier alpha value is -1.07. The van der Waals surface area contributed by atoms with Gasteiger partial charge in [0.2, 0.25) is 5.91 Å². The molecule has 0 fully saturated rings. The molecule has 0 bridgehead atoms. The minimum absolute atomic E-state index is 0.0379. The van der Waals surface area contributed by atoms with E-state index < -0.39 is 0 Å². The lowest BCUT2D eigenvalue weighted by Crippen LogP contribution is -2.38. The summed E-state index contributed by atoms with van der Waals surface area (Å²) in [6, 6.07) is 4.64. The van der Waals surface area contributed by atoms with Crippen molar-refractivity contribution >= 4 is 27.5 Å². The molecule has 1 amide bonds. The van der Waals surface area contributed by atoms with Crippen molar-refractivity contribution in [2.75, 3.05) is 5.32 Å². The van der Waals surface area contributed by atoms with Gasteiger partial charge in [0.1, 0.15) is 5.75 Å². The van der Waals surface area contributed by atoms with Crippen LogP contribution in [0.3, 0.4) is 0 Å². The van der Waals surface area contributed by atoms with Gasteiger partial charge in [-0.3, -0.25) is 4.79 Å². The maximum Gasteiger partial charge on any atom is 0.226 e. The monoisotopic (exact) mass is 314 g/mol. The number of benzene rings is 1. The molecule has 0 aliphatic heterocycles. The van der Waals surface area contributed by atoms with Gasteiger partial charge in [-0.05, 0) is 23.6 Å². The number of carbonyl (C=O) groups excluding carboxylic acids is 1. The first kappa shape index (κ1) is 15.0. The quantitative estimate of drug-likeness (QED) is 0.751. The lowest BCUT2D eigenvalue weighted by molar-refractivity contribution is -0.117. The van der Waals surface area contributed by atoms with Gasteiger partial charge in [-0.1, -0.05) is 36.7 Å². The lowest BCUT2D eigenvalue weighted by atomic mass is 9.85. The summed E-state index contributed by atoms with van der Waals surface area (Å²) in [7, 11) is 0. The highest BCUT2D eigenvalue weighted by Crippen LogP contribution is 2.27. The van der Waals surface area contributed by atoms with E-state index in [4.69, 9.17) is 5.73 Å². The number of nitrogens with one attached hydrogen (secondary N) is 1. The zero-order chi connectivity index (χ0) is 13.9. The van der Waals surface area contributed by atoms with Gasteiger partial charge in [-0.25, -0.2) is 0 Å². The summed E-state index contributed by atoms with van der Waals surface area (Å²) in [6.07, 6.45) is 0.218. The predicted molar refractivity (Wildman–Crippen MR) is 76.5 cm³/mol. The van der Waals surface area contributed by atoms with Crippen LogP contribution >= 0.6 is 15.9 Å². The van der Waals surface area contributed by atoms with E-state index in [2.05, 4.69) is 21.2 Å². The predicted octanol–water partition coefficient (Wildman–Crippen LogP) is 2.86. The van der Waals surface area contributed by atoms with Crippen LogP contribution in [-0.4, -0.2) is 17.1 Å². The zero-order valence-corrected chi connectivity index (χ0v) is 12.4. The summed E-state index contributed by atoms with van der Waals surface area (Å²) < 4.78 is 0.788. The second-order valence-electron chi connectivity index (χ2n) is 5.39. The van der Waals surface area contributed by atoms with Crippen LogP contribution in [0.5, 0.6) is 5.75 Å². The first-order valence-corrected chi connectivity index (χ1v) is 6.53. The van der Waals surface area contributed by atoms with Gasteiger partial charge < -0.3 is 16.2 Å². The van der Waals surface area contributed by atoms with Crippen LogP contribution in [0.15, 0.2) is 22.7 Å². The third kappa shape index (κ3) is 4.31. The maximum absolute atomic E-state index is 11.8. The van der Waals surface area contributed by atoms with E-state index in [9.17, 15) is 9.90 Å². The number of amides is 1. The van der Waals surface area contributed by atoms with Crippen molar-refractivity contribution in [3.8, 4) is 5.75 Å². The number of phenolic OH excluding ortho intramolecular Hbond substituents is 1. The number of nitrogens with two attached hydrogens (primary N) is 1. The fraction of sp³-hybridized carbons (Fsp3) is 0.462. The highest BCUT2D eigenvalue weighted by Gasteiger charge is 2.23. The summed E-state index contributed by atoms with van der Waals surface area (Å²) in [5, 5.41) is 12.3. The van der Waals surface area contributed by atoms with Gasteiger partial charge in [0.25, 0.3) is 0 Å². The maximum atomic E-state index is 11.8. The SMILES string of the molecule is CC(C)(C)C(N)CC(=O)Nc1cc(Br)ccc1O. The van der Waals surface area contributed by atoms with Crippen molar-refractivity contribution in [3.63, 3.8) is 0 Å². The molecule has 1 aromatic carbocycles. The van der Waals surface area contributed by atoms with Gasteiger partial charge >= 0.3 is 0 Å². The minimum Gasteiger partial charge on any atom is -0.506 e. The molecule has 0 aliphatic rings. The van der Waals surface area contributed by atoms with Gasteiger partial charge in [-0.15, -0.1) is 0 Å². The molecule has 0 saturated carbocycles. The van der Waals surface area contributed by atoms with Crippen LogP contribution in [-0.2, 0) is 4.79 Å². The van der Waals surface area contributed by atoms with E-state index in [1.807, 2.05) is 20.8 Å². The smallest absolute Gasteiger partial charge is 0.226 e. The summed E-state index contributed by atoms with van der Waals surface area (Å²) in [5.74, 6) is -0.165. The lowest BCUT2D eigenvalue weighted by Gasteiger charge is -2.26. The Kier molecular flexibility index (Phi) is 4.76. The van der Waals surface area contributed by atoms with Gasteiger partial charge in [-0.2, -0.15) is 0 Å². The number of halogens is 1. The van der Waals surface area contributed by atoms with Crippen LogP contribution in [0, 0.1) is 5.41 Å². The third-order valence-corrected chi connectivity index (χ3v) is 3.24. The number of hydrogen-bond donors (Lipinski definition) is 3. The molecule has 5 heteroatoms. The van der Waals surface area contributed by atoms with Crippen LogP contribution in [0.4, 0.5) is 5.69 Å². The van der Waals surface area contributed by atoms with E-state index in [1.165, 1.54) is 6.07 Å². The average molecular weight is 315 g/mol. The molecular formula is C13H19BrN2O2. The standard InChI is InChI=1S/C13H19BrN2O2/c1-13(2,3)11(15)7-12(18)16-9-6-8(14)4-5-10(9)17/h4-6,11,17H,7,15H2,1-3H3,(H,16,18). The second kappa shape index (κ2) is 5.71. The molecule has 0 saturated heterocycles. The molecule has 0 heterocycles. The van der Waals surface area contributed by atoms with Crippen LogP contribution in [0.2, 0.25) is 0 Å². The average Bonchev–Trinajstić information content (AvgIpc) is 2.22. The molecule has 1 atom stereocenters. The van der Waals surface area contributed by atoms with Crippen LogP contribution in [0.1, 0.15) is 27.2 Å². The number of anilines is 1. The number of phenols is 1. The molecule has 1 rings (SSSR count). The molecule has 1 unspecified atom stereocenters. The van der Waals surface area contributed by atoms with Crippen LogP contribution in [0.25, 0.3) is 0 Å². The Labute approximate surface area is 116 Å². The third-order valence-electron chi connectivity index (χ3n) is 2.75. The highest BCUT2D eigenvalue weighted by molar-refractivity contribution is 9.10. The fourth-order valence-electron chi connectivity index (χ4n) is 1.32. The Bertz CT molecular complexity index is 441. The first-order chi connectivity index (χ1) is 8.20. The van der Waals surface area contributed by atoms with Crippen molar-refractivity contribution < 1.29 is 9.90 Å². The number of rotatable bonds is 3. The molecule has 0 radical (unpaired) electrons. The van der Waals surface area contributed by atoms with Gasteiger partial charge in [0.15, 0.2) is 0 Å². The molecule has 4 nitrogen and oxygen atoms in total. The molecule has 4 N–H and O–H groups in total. The first-order valence-electron chi connectivity index (χ1n) is 5.74. The summed E-state index contributed by atoms with van der Waals surface area (Å²) in [6.45, 7) is 5.96. The van der Waals surface area contributed by atoms with Crippen molar-refractivity contribution in [1.82, 2.24) is 0 Å². The minimum atomic E-state index is -0.230. The molecule has 18 heavy (non-hydrogen) atoms. The van der Waals surface area contributed by atoms with Crippen molar-refractivity contribution in [2.24, 2.45) is 11.1 Å². The summed E-state index contributed by atoms with van der Waals surface area (Å²) in [4.78, 5) is 11.8. The van der Waals surface area contributed by atoms with Gasteiger partial charge in [0.05, 0.1) is 5.69 Å². The van der Waals surface area contributed by atoms with Crippen molar-refractivity contribution in [2.45, 2.75) is 33.2 Å². The van der Waals surface area contributed by atoms with Crippen molar-refractivity contribution in [3.05, 3.63) is 22.7 Å². The normalized spacial score (nSPS) is 13.2. The highest BCUT2D eigenvalue weighted by atomic mass is 79.9. The van der Waals surface area contributed by atoms with E-state index in [0.717, 1.165) is 4.47 Å². The molecule has 0 spiro atoms. The molecule has 1 aromatic rings. The van der Waals surface area contributed by atoms with Crippen LogP contribution < -0.4 is 11.1 Å². The Morgan fingerprint density at radius 1 is 1.50 bits per heavy atom. The summed E-state index contributed by atoms with van der Waals surface area (Å²) in [5.41, 5.74) is 6.20. The largest absolute Gasteiger partial charge is 0.506 e. The number of hydrogen-bond acceptors (Lipinski definition) is 3. The summed E-state index contributed by atoms with van der Waals surface area (Å²) >= 11 is 3.28. The number of carbonyl (C=O) groups is 1. The number of aromatic hydroxyl groups is 1. The van der Waals surface area contributed by atoms with E-state index >= 15 is 0 Å². The van der Waals surface area contributed by atoms with E-state index in [0.29, 0.717) is 5.69 Å². The molecule has 0 aliphatic carbocycles. The molecular weight excluding hydrogens is 296 g/mol. The molecule has 100 valence electrons. The van der Waals surface area contributed by atoms with E-state index in [1.54, 1.807) is 12.1 Å². The van der Waals surface area contributed by atoms with E-state index in [-0.39, 0.29) is 29.5 Å². The fourth-order valence-corrected chi connectivity index (χ4v) is 1.68. The van der Waals surface area contributed by atoms with Gasteiger partial charge in [0, 0.05) is 16.9 Å². The second-order valence-corrected chi connectivity index (χ2v) is 6.30. The zero-order valence-electron chi connectivity index (χ0n) is 10.8. The molecule has 0 aromatic heterocycles. The topological polar surface area (TPSA) is 75.4 Å². The Morgan fingerprint density at radius 2 is 2.11 bits per heavy atom. The Balaban J connectivity index is 2.68.